The average molecular weight is 248 g/mol. The molecular weight excluding hydrogens is 228 g/mol. The maximum Gasteiger partial charge on any atom is 0.152 e. The van der Waals surface area contributed by atoms with Crippen LogP contribution in [0.3, 0.4) is 0 Å². The molecule has 2 saturated heterocycles. The molecule has 0 aromatic carbocycles. The molecular formula is C10H20N2O3S. The van der Waals surface area contributed by atoms with E-state index in [0.717, 1.165) is 13.1 Å². The zero-order valence-corrected chi connectivity index (χ0v) is 10.5. The second kappa shape index (κ2) is 4.25. The number of hydrogen-bond acceptors (Lipinski definition) is 5. The van der Waals surface area contributed by atoms with Crippen molar-refractivity contribution in [3.63, 3.8) is 0 Å². The van der Waals surface area contributed by atoms with Crippen LogP contribution in [0, 0.1) is 0 Å². The van der Waals surface area contributed by atoms with Crippen LogP contribution in [-0.4, -0.2) is 62.7 Å². The van der Waals surface area contributed by atoms with Crippen LogP contribution in [0.25, 0.3) is 0 Å². The van der Waals surface area contributed by atoms with E-state index in [4.69, 9.17) is 10.5 Å². The zero-order chi connectivity index (χ0) is 11.8. The minimum atomic E-state index is -2.90. The zero-order valence-electron chi connectivity index (χ0n) is 9.68. The van der Waals surface area contributed by atoms with Crippen LogP contribution >= 0.6 is 0 Å². The predicted molar refractivity (Wildman–Crippen MR) is 62.0 cm³/mol. The van der Waals surface area contributed by atoms with Crippen molar-refractivity contribution in [2.24, 2.45) is 5.73 Å². The average Bonchev–Trinajstić information content (AvgIpc) is 2.56. The van der Waals surface area contributed by atoms with Gasteiger partial charge in [0.1, 0.15) is 0 Å². The molecule has 0 amide bonds. The lowest BCUT2D eigenvalue weighted by atomic mass is 9.95. The first kappa shape index (κ1) is 12.3. The van der Waals surface area contributed by atoms with Crippen LogP contribution in [-0.2, 0) is 14.6 Å². The van der Waals surface area contributed by atoms with Crippen molar-refractivity contribution >= 4 is 9.84 Å². The van der Waals surface area contributed by atoms with E-state index in [1.54, 1.807) is 0 Å². The SMILES string of the molecule is CC1CN(C2(CN)CCS(=O)(=O)C2)CCO1. The van der Waals surface area contributed by atoms with Gasteiger partial charge in [-0.2, -0.15) is 0 Å². The van der Waals surface area contributed by atoms with Crippen molar-refractivity contribution in [3.05, 3.63) is 0 Å². The molecule has 0 aromatic heterocycles. The molecule has 2 aliphatic rings. The smallest absolute Gasteiger partial charge is 0.152 e. The topological polar surface area (TPSA) is 72.6 Å². The fourth-order valence-electron chi connectivity index (χ4n) is 2.69. The van der Waals surface area contributed by atoms with Gasteiger partial charge in [0.15, 0.2) is 9.84 Å². The number of nitrogens with two attached hydrogens (primary N) is 1. The summed E-state index contributed by atoms with van der Waals surface area (Å²) in [6, 6.07) is 0. The normalized spacial score (nSPS) is 40.0. The summed E-state index contributed by atoms with van der Waals surface area (Å²) in [5.74, 6) is 0.485. The summed E-state index contributed by atoms with van der Waals surface area (Å²) < 4.78 is 28.7. The summed E-state index contributed by atoms with van der Waals surface area (Å²) in [7, 11) is -2.90. The van der Waals surface area contributed by atoms with E-state index in [2.05, 4.69) is 4.90 Å². The van der Waals surface area contributed by atoms with Crippen molar-refractivity contribution in [2.45, 2.75) is 25.0 Å². The van der Waals surface area contributed by atoms with Gasteiger partial charge in [-0.3, -0.25) is 4.90 Å². The Kier molecular flexibility index (Phi) is 3.27. The molecule has 0 radical (unpaired) electrons. The summed E-state index contributed by atoms with van der Waals surface area (Å²) in [6.07, 6.45) is 0.832. The Morgan fingerprint density at radius 1 is 1.56 bits per heavy atom. The second-order valence-corrected chi connectivity index (χ2v) is 7.08. The monoisotopic (exact) mass is 248 g/mol. The Morgan fingerprint density at radius 2 is 2.31 bits per heavy atom. The molecule has 2 unspecified atom stereocenters. The molecule has 6 heteroatoms. The lowest BCUT2D eigenvalue weighted by Crippen LogP contribution is -2.59. The maximum absolute atomic E-state index is 11.6. The van der Waals surface area contributed by atoms with Gasteiger partial charge in [0.2, 0.25) is 0 Å². The summed E-state index contributed by atoms with van der Waals surface area (Å²) >= 11 is 0. The molecule has 2 rings (SSSR count). The molecule has 2 aliphatic heterocycles. The molecule has 5 nitrogen and oxygen atoms in total. The van der Waals surface area contributed by atoms with Crippen molar-refractivity contribution in [2.75, 3.05) is 37.7 Å². The first-order valence-corrected chi connectivity index (χ1v) is 7.57. The third-order valence-electron chi connectivity index (χ3n) is 3.66. The van der Waals surface area contributed by atoms with Gasteiger partial charge in [0, 0.05) is 25.2 Å². The van der Waals surface area contributed by atoms with E-state index >= 15 is 0 Å². The summed E-state index contributed by atoms with van der Waals surface area (Å²) in [5.41, 5.74) is 5.48. The summed E-state index contributed by atoms with van der Waals surface area (Å²) in [4.78, 5) is 2.21. The number of sulfone groups is 1. The summed E-state index contributed by atoms with van der Waals surface area (Å²) in [5, 5.41) is 0. The lowest BCUT2D eigenvalue weighted by Gasteiger charge is -2.43. The van der Waals surface area contributed by atoms with Gasteiger partial charge in [-0.25, -0.2) is 8.42 Å². The lowest BCUT2D eigenvalue weighted by molar-refractivity contribution is -0.0542. The highest BCUT2D eigenvalue weighted by Crippen LogP contribution is 2.30. The minimum Gasteiger partial charge on any atom is -0.376 e. The minimum absolute atomic E-state index is 0.167. The van der Waals surface area contributed by atoms with Gasteiger partial charge >= 0.3 is 0 Å². The molecule has 0 spiro atoms. The molecule has 0 saturated carbocycles. The van der Waals surface area contributed by atoms with E-state index in [1.165, 1.54) is 0 Å². The molecule has 2 atom stereocenters. The number of rotatable bonds is 2. The van der Waals surface area contributed by atoms with Gasteiger partial charge < -0.3 is 10.5 Å². The number of nitrogens with zero attached hydrogens (tertiary/aromatic N) is 1. The Morgan fingerprint density at radius 3 is 2.81 bits per heavy atom. The van der Waals surface area contributed by atoms with Crippen LogP contribution in [0.4, 0.5) is 0 Å². The first-order valence-electron chi connectivity index (χ1n) is 5.75. The maximum atomic E-state index is 11.6. The van der Waals surface area contributed by atoms with Gasteiger partial charge in [0.05, 0.1) is 24.2 Å². The number of hydrogen-bond donors (Lipinski definition) is 1. The third kappa shape index (κ3) is 2.25. The first-order chi connectivity index (χ1) is 7.47. The Balaban J connectivity index is 2.16. The van der Waals surface area contributed by atoms with Crippen molar-refractivity contribution in [3.8, 4) is 0 Å². The highest BCUT2D eigenvalue weighted by molar-refractivity contribution is 7.91. The number of morpholine rings is 1. The molecule has 0 aromatic rings. The predicted octanol–water partition coefficient (Wildman–Crippen LogP) is -0.777. The molecule has 2 N–H and O–H groups in total. The van der Waals surface area contributed by atoms with E-state index in [9.17, 15) is 8.42 Å². The van der Waals surface area contributed by atoms with E-state index in [0.29, 0.717) is 19.6 Å². The summed E-state index contributed by atoms with van der Waals surface area (Å²) in [6.45, 7) is 4.67. The van der Waals surface area contributed by atoms with Crippen LogP contribution in [0.2, 0.25) is 0 Å². The van der Waals surface area contributed by atoms with Crippen molar-refractivity contribution < 1.29 is 13.2 Å². The van der Waals surface area contributed by atoms with Gasteiger partial charge in [-0.15, -0.1) is 0 Å². The van der Waals surface area contributed by atoms with Crippen molar-refractivity contribution in [1.29, 1.82) is 0 Å². The Hall–Kier alpha value is -0.170. The molecule has 0 aliphatic carbocycles. The van der Waals surface area contributed by atoms with Crippen molar-refractivity contribution in [1.82, 2.24) is 4.90 Å². The van der Waals surface area contributed by atoms with Gasteiger partial charge in [0.25, 0.3) is 0 Å². The fourth-order valence-corrected chi connectivity index (χ4v) is 4.79. The standard InChI is InChI=1S/C10H20N2O3S/c1-9-6-12(3-4-15-9)10(7-11)2-5-16(13,14)8-10/h9H,2-8,11H2,1H3. The van der Waals surface area contributed by atoms with Crippen LogP contribution in [0.1, 0.15) is 13.3 Å². The molecule has 16 heavy (non-hydrogen) atoms. The number of ether oxygens (including phenoxy) is 1. The van der Waals surface area contributed by atoms with Crippen LogP contribution in [0.15, 0.2) is 0 Å². The Labute approximate surface area is 96.9 Å². The molecule has 2 heterocycles. The van der Waals surface area contributed by atoms with E-state index in [-0.39, 0.29) is 23.1 Å². The third-order valence-corrected chi connectivity index (χ3v) is 5.46. The molecule has 0 bridgehead atoms. The molecule has 94 valence electrons. The second-order valence-electron chi connectivity index (χ2n) is 4.90. The van der Waals surface area contributed by atoms with Crippen LogP contribution in [0.5, 0.6) is 0 Å². The highest BCUT2D eigenvalue weighted by Gasteiger charge is 2.46. The van der Waals surface area contributed by atoms with E-state index < -0.39 is 9.84 Å². The largest absolute Gasteiger partial charge is 0.376 e. The highest BCUT2D eigenvalue weighted by atomic mass is 32.2. The fraction of sp³-hybridized carbons (Fsp3) is 1.00. The Bertz CT molecular complexity index is 357. The van der Waals surface area contributed by atoms with E-state index in [1.807, 2.05) is 6.92 Å². The quantitative estimate of drug-likeness (QED) is 0.694. The van der Waals surface area contributed by atoms with Crippen LogP contribution < -0.4 is 5.73 Å². The molecule has 2 fully saturated rings. The van der Waals surface area contributed by atoms with Gasteiger partial charge in [-0.05, 0) is 13.3 Å². The van der Waals surface area contributed by atoms with Gasteiger partial charge in [-0.1, -0.05) is 0 Å².